The van der Waals surface area contributed by atoms with Crippen molar-refractivity contribution in [2.24, 2.45) is 18.9 Å². The number of aromatic hydroxyl groups is 1. The van der Waals surface area contributed by atoms with E-state index in [2.05, 4.69) is 10.2 Å². The van der Waals surface area contributed by atoms with Crippen molar-refractivity contribution >= 4 is 67.0 Å². The number of phenols is 1. The maximum atomic E-state index is 15.7. The number of anilines is 2. The van der Waals surface area contributed by atoms with Crippen LogP contribution in [0.25, 0.3) is 21.8 Å². The van der Waals surface area contributed by atoms with Gasteiger partial charge in [0.2, 0.25) is 17.7 Å². The summed E-state index contributed by atoms with van der Waals surface area (Å²) in [6, 6.07) is 10.9. The van der Waals surface area contributed by atoms with Crippen LogP contribution in [0.5, 0.6) is 11.5 Å². The highest BCUT2D eigenvalue weighted by molar-refractivity contribution is 7.92. The fraction of sp³-hybridized carbons (Fsp3) is 0.447. The fourth-order valence-corrected chi connectivity index (χ4v) is 9.63. The number of rotatable bonds is 8. The SMILES string of the molecule is Cn1c(=O)n(C2CCC(=O)NC2=O)c2ccc(N3CCC(CC(=O)N4CCC[C@H](COc5ccc6cc(O)c(N7CC(=O)NS7(=O)=O)c(F)c6c5)C4)CC3)cc21. The minimum absolute atomic E-state index is 0.0198. The maximum absolute atomic E-state index is 15.7. The normalized spacial score (nSPS) is 21.8. The van der Waals surface area contributed by atoms with Crippen LogP contribution in [0.2, 0.25) is 0 Å². The standard InChI is InChI=1S/C38H42FN7O9S/c1-42-30-17-25(5-7-28(30)46(38(42)52)29-8-9-32(48)40-37(29)51)43-13-10-22(11-14-43)15-34(50)44-12-2-3-23(19-44)21-55-26-6-4-24-16-31(47)36(35(39)27(24)18-26)45-20-33(49)41-56(45,53)54/h4-7,16-18,22-23,29,47H,2-3,8-15,19-21H2,1H3,(H,41,49)(H,40,48,51)/t23-,29?/m0/s1. The largest absolute Gasteiger partial charge is 0.506 e. The Kier molecular flexibility index (Phi) is 9.62. The number of carbonyl (C=O) groups excluding carboxylic acids is 4. The molecule has 2 atom stereocenters. The molecule has 0 bridgehead atoms. The van der Waals surface area contributed by atoms with E-state index in [1.807, 2.05) is 23.1 Å². The van der Waals surface area contributed by atoms with E-state index < -0.39 is 51.9 Å². The van der Waals surface area contributed by atoms with Crippen molar-refractivity contribution < 1.29 is 41.8 Å². The number of carbonyl (C=O) groups is 4. The molecule has 4 aromatic rings. The number of aromatic nitrogens is 2. The number of imide groups is 1. The van der Waals surface area contributed by atoms with Gasteiger partial charge in [-0.25, -0.2) is 18.2 Å². The number of benzene rings is 3. The minimum Gasteiger partial charge on any atom is -0.506 e. The zero-order valence-electron chi connectivity index (χ0n) is 30.7. The summed E-state index contributed by atoms with van der Waals surface area (Å²) in [5.74, 6) is -2.55. The van der Waals surface area contributed by atoms with E-state index >= 15 is 4.39 Å². The number of phenolic OH excluding ortho intramolecular Hbond substituents is 1. The van der Waals surface area contributed by atoms with Gasteiger partial charge in [-0.05, 0) is 79.8 Å². The van der Waals surface area contributed by atoms with Crippen LogP contribution in [-0.2, 0) is 36.4 Å². The molecule has 0 aliphatic carbocycles. The number of nitrogens with zero attached hydrogens (tertiary/aromatic N) is 5. The Hall–Kier alpha value is -5.65. The van der Waals surface area contributed by atoms with Crippen molar-refractivity contribution in [2.75, 3.05) is 48.5 Å². The number of amides is 4. The lowest BCUT2D eigenvalue weighted by atomic mass is 9.91. The highest BCUT2D eigenvalue weighted by Gasteiger charge is 2.38. The lowest BCUT2D eigenvalue weighted by molar-refractivity contribution is -0.136. The molecule has 0 spiro atoms. The topological polar surface area (TPSA) is 193 Å². The quantitative estimate of drug-likeness (QED) is 0.223. The summed E-state index contributed by atoms with van der Waals surface area (Å²) in [6.07, 6.45) is 4.22. The molecule has 4 saturated heterocycles. The summed E-state index contributed by atoms with van der Waals surface area (Å²) in [5, 5.41) is 13.1. The van der Waals surface area contributed by atoms with Gasteiger partial charge in [0.25, 0.3) is 5.91 Å². The van der Waals surface area contributed by atoms with E-state index in [0.29, 0.717) is 46.0 Å². The maximum Gasteiger partial charge on any atom is 0.329 e. The molecular weight excluding hydrogens is 750 g/mol. The highest BCUT2D eigenvalue weighted by atomic mass is 32.2. The molecule has 3 aromatic carbocycles. The molecule has 5 heterocycles. The molecule has 4 aliphatic heterocycles. The van der Waals surface area contributed by atoms with Gasteiger partial charge in [0.1, 0.15) is 29.8 Å². The summed E-state index contributed by atoms with van der Waals surface area (Å²) >= 11 is 0. The molecule has 4 aliphatic rings. The third-order valence-corrected chi connectivity index (χ3v) is 12.8. The average molecular weight is 792 g/mol. The molecule has 4 fully saturated rings. The van der Waals surface area contributed by atoms with Gasteiger partial charge in [-0.2, -0.15) is 8.42 Å². The monoisotopic (exact) mass is 791 g/mol. The van der Waals surface area contributed by atoms with E-state index in [-0.39, 0.29) is 54.2 Å². The molecule has 0 saturated carbocycles. The fourth-order valence-electron chi connectivity index (χ4n) is 8.47. The van der Waals surface area contributed by atoms with Gasteiger partial charge in [-0.15, -0.1) is 0 Å². The molecular formula is C38H42FN7O9S. The third kappa shape index (κ3) is 6.90. The molecule has 1 unspecified atom stereocenters. The Labute approximate surface area is 320 Å². The van der Waals surface area contributed by atoms with E-state index in [0.717, 1.165) is 44.5 Å². The van der Waals surface area contributed by atoms with E-state index in [1.54, 1.807) is 23.9 Å². The van der Waals surface area contributed by atoms with Crippen molar-refractivity contribution in [1.29, 1.82) is 0 Å². The second-order valence-corrected chi connectivity index (χ2v) is 16.7. The minimum atomic E-state index is -4.35. The molecule has 0 radical (unpaired) electrons. The first-order valence-electron chi connectivity index (χ1n) is 18.8. The van der Waals surface area contributed by atoms with Crippen LogP contribution in [0.15, 0.2) is 47.3 Å². The number of piperidine rings is 3. The van der Waals surface area contributed by atoms with Crippen LogP contribution in [0, 0.1) is 17.7 Å². The van der Waals surface area contributed by atoms with Gasteiger partial charge in [0.05, 0.1) is 17.6 Å². The number of nitrogens with one attached hydrogen (secondary N) is 2. The number of ether oxygens (including phenoxy) is 1. The van der Waals surface area contributed by atoms with Crippen LogP contribution in [0.3, 0.4) is 0 Å². The number of likely N-dealkylation sites (tertiary alicyclic amines) is 1. The second kappa shape index (κ2) is 14.5. The van der Waals surface area contributed by atoms with Crippen molar-refractivity contribution in [2.45, 2.75) is 51.0 Å². The number of hydrogen-bond donors (Lipinski definition) is 3. The van der Waals surface area contributed by atoms with Crippen LogP contribution in [0.1, 0.15) is 51.0 Å². The second-order valence-electron chi connectivity index (χ2n) is 15.1. The summed E-state index contributed by atoms with van der Waals surface area (Å²) in [5.41, 5.74) is 1.36. The van der Waals surface area contributed by atoms with Gasteiger partial charge in [-0.1, -0.05) is 6.07 Å². The Bertz CT molecular complexity index is 2460. The number of aryl methyl sites for hydroxylation is 1. The molecule has 18 heteroatoms. The zero-order valence-corrected chi connectivity index (χ0v) is 31.5. The lowest BCUT2D eigenvalue weighted by Gasteiger charge is -2.36. The number of fused-ring (bicyclic) bond motifs is 2. The molecule has 8 rings (SSSR count). The van der Waals surface area contributed by atoms with Gasteiger partial charge in [-0.3, -0.25) is 33.6 Å². The number of halogens is 1. The smallest absolute Gasteiger partial charge is 0.329 e. The molecule has 4 amide bonds. The highest BCUT2D eigenvalue weighted by Crippen LogP contribution is 2.39. The third-order valence-electron chi connectivity index (χ3n) is 11.5. The van der Waals surface area contributed by atoms with Crippen LogP contribution < -0.4 is 29.7 Å². The van der Waals surface area contributed by atoms with Crippen LogP contribution >= 0.6 is 0 Å². The van der Waals surface area contributed by atoms with Gasteiger partial charge < -0.3 is 19.6 Å². The first-order chi connectivity index (χ1) is 26.8. The van der Waals surface area contributed by atoms with Gasteiger partial charge >= 0.3 is 15.9 Å². The summed E-state index contributed by atoms with van der Waals surface area (Å²) < 4.78 is 51.7. The van der Waals surface area contributed by atoms with E-state index in [1.165, 1.54) is 21.3 Å². The van der Waals surface area contributed by atoms with Crippen molar-refractivity contribution in [1.82, 2.24) is 24.1 Å². The first-order valence-corrected chi connectivity index (χ1v) is 20.2. The Morgan fingerprint density at radius 2 is 1.73 bits per heavy atom. The molecule has 1 aromatic heterocycles. The number of imidazole rings is 1. The van der Waals surface area contributed by atoms with Crippen LogP contribution in [-0.4, -0.2) is 90.5 Å². The van der Waals surface area contributed by atoms with E-state index in [4.69, 9.17) is 4.74 Å². The summed E-state index contributed by atoms with van der Waals surface area (Å²) in [4.78, 5) is 66.8. The van der Waals surface area contributed by atoms with Gasteiger partial charge in [0, 0.05) is 63.1 Å². The number of hydrogen-bond acceptors (Lipinski definition) is 10. The summed E-state index contributed by atoms with van der Waals surface area (Å²) in [7, 11) is -2.67. The zero-order chi connectivity index (χ0) is 39.5. The molecule has 16 nitrogen and oxygen atoms in total. The lowest BCUT2D eigenvalue weighted by Crippen LogP contribution is -2.44. The predicted octanol–water partition coefficient (Wildman–Crippen LogP) is 2.42. The average Bonchev–Trinajstić information content (AvgIpc) is 3.59. The molecule has 296 valence electrons. The summed E-state index contributed by atoms with van der Waals surface area (Å²) in [6.45, 7) is 2.32. The van der Waals surface area contributed by atoms with Crippen molar-refractivity contribution in [3.8, 4) is 11.5 Å². The van der Waals surface area contributed by atoms with Crippen molar-refractivity contribution in [3.05, 3.63) is 58.8 Å². The molecule has 3 N–H and O–H groups in total. The predicted molar refractivity (Wildman–Crippen MR) is 203 cm³/mol. The first kappa shape index (κ1) is 37.3. The van der Waals surface area contributed by atoms with Crippen molar-refractivity contribution in [3.63, 3.8) is 0 Å². The Morgan fingerprint density at radius 1 is 0.946 bits per heavy atom. The molecule has 56 heavy (non-hydrogen) atoms. The van der Waals surface area contributed by atoms with E-state index in [9.17, 15) is 37.5 Å². The van der Waals surface area contributed by atoms with Gasteiger partial charge in [0.15, 0.2) is 5.82 Å². The van der Waals surface area contributed by atoms with Crippen LogP contribution in [0.4, 0.5) is 15.8 Å². The Morgan fingerprint density at radius 3 is 2.46 bits per heavy atom. The Balaban J connectivity index is 0.859.